The van der Waals surface area contributed by atoms with Gasteiger partial charge in [0.2, 0.25) is 18.1 Å². The SMILES string of the molecule is CC(=O)N[C@H]1[C@H](OC[C@H]2O[C@H](Oc3ccc(N)cc3)[C@H](NC(C)=O)[C@@H](O[C@@H]3O[C@H](CO)[C@H](O)[C@H](O)[C@H]3O)[C@H]2O)O[C@H](CO)[C@H](O)[C@@H]1O. The molecule has 0 saturated carbocycles. The summed E-state index contributed by atoms with van der Waals surface area (Å²) in [6, 6.07) is 3.43. The van der Waals surface area contributed by atoms with E-state index in [0.29, 0.717) is 5.69 Å². The third-order valence-corrected chi connectivity index (χ3v) is 7.99. The molecule has 2 amide bonds. The zero-order valence-corrected chi connectivity index (χ0v) is 25.5. The number of anilines is 1. The van der Waals surface area contributed by atoms with Crippen molar-refractivity contribution in [2.45, 2.75) is 106 Å². The minimum atomic E-state index is -1.87. The summed E-state index contributed by atoms with van der Waals surface area (Å²) in [5.74, 6) is -0.991. The van der Waals surface area contributed by atoms with Crippen molar-refractivity contribution in [3.63, 3.8) is 0 Å². The smallest absolute Gasteiger partial charge is 0.223 e. The van der Waals surface area contributed by atoms with E-state index in [1.165, 1.54) is 31.2 Å². The van der Waals surface area contributed by atoms with E-state index in [9.17, 15) is 50.4 Å². The van der Waals surface area contributed by atoms with Gasteiger partial charge in [0, 0.05) is 19.5 Å². The highest BCUT2D eigenvalue weighted by atomic mass is 16.7. The number of aliphatic hydroxyl groups excluding tert-OH is 8. The number of aliphatic hydroxyl groups is 8. The topological polar surface area (TPSA) is 301 Å². The molecule has 47 heavy (non-hydrogen) atoms. The van der Waals surface area contributed by atoms with Crippen molar-refractivity contribution < 1.29 is 78.9 Å². The van der Waals surface area contributed by atoms with Gasteiger partial charge < -0.3 is 85.6 Å². The summed E-state index contributed by atoms with van der Waals surface area (Å²) in [5.41, 5.74) is 6.19. The fourth-order valence-electron chi connectivity index (χ4n) is 5.52. The minimum Gasteiger partial charge on any atom is -0.463 e. The van der Waals surface area contributed by atoms with Gasteiger partial charge in [0.25, 0.3) is 0 Å². The number of nitrogens with two attached hydrogens (primary N) is 1. The molecular weight excluding hydrogens is 634 g/mol. The fourth-order valence-corrected chi connectivity index (χ4v) is 5.52. The van der Waals surface area contributed by atoms with E-state index in [2.05, 4.69) is 10.6 Å². The summed E-state index contributed by atoms with van der Waals surface area (Å²) in [4.78, 5) is 24.2. The lowest BCUT2D eigenvalue weighted by Gasteiger charge is -2.48. The van der Waals surface area contributed by atoms with Crippen molar-refractivity contribution in [3.05, 3.63) is 24.3 Å². The summed E-state index contributed by atoms with van der Waals surface area (Å²) >= 11 is 0. The van der Waals surface area contributed by atoms with Crippen LogP contribution in [0, 0.1) is 0 Å². The van der Waals surface area contributed by atoms with Gasteiger partial charge >= 0.3 is 0 Å². The van der Waals surface area contributed by atoms with Crippen LogP contribution in [0.2, 0.25) is 0 Å². The Morgan fingerprint density at radius 3 is 1.81 bits per heavy atom. The molecule has 12 N–H and O–H groups in total. The Morgan fingerprint density at radius 2 is 1.23 bits per heavy atom. The number of benzene rings is 1. The van der Waals surface area contributed by atoms with Gasteiger partial charge in [-0.2, -0.15) is 0 Å². The third kappa shape index (κ3) is 8.64. The molecule has 3 aliphatic rings. The summed E-state index contributed by atoms with van der Waals surface area (Å²) < 4.78 is 34.8. The normalized spacial score (nSPS) is 40.8. The van der Waals surface area contributed by atoms with Crippen LogP contribution in [0.5, 0.6) is 5.75 Å². The Hall–Kier alpha value is -2.76. The first-order valence-electron chi connectivity index (χ1n) is 14.9. The van der Waals surface area contributed by atoms with Crippen molar-refractivity contribution >= 4 is 17.5 Å². The number of amides is 2. The van der Waals surface area contributed by atoms with Crippen LogP contribution < -0.4 is 21.1 Å². The van der Waals surface area contributed by atoms with E-state index in [1.54, 1.807) is 0 Å². The molecule has 3 heterocycles. The predicted molar refractivity (Wildman–Crippen MR) is 154 cm³/mol. The summed E-state index contributed by atoms with van der Waals surface area (Å²) in [6.45, 7) is 0.295. The van der Waals surface area contributed by atoms with Crippen LogP contribution in [0.15, 0.2) is 24.3 Å². The number of ether oxygens (including phenoxy) is 6. The second-order valence-corrected chi connectivity index (χ2v) is 11.5. The number of nitrogens with one attached hydrogen (secondary N) is 2. The second-order valence-electron chi connectivity index (χ2n) is 11.5. The Labute approximate surface area is 268 Å². The minimum absolute atomic E-state index is 0.214. The number of hydrogen-bond acceptors (Lipinski definition) is 17. The fraction of sp³-hybridized carbons (Fsp3) is 0.714. The predicted octanol–water partition coefficient (Wildman–Crippen LogP) is -5.62. The lowest BCUT2D eigenvalue weighted by Crippen LogP contribution is -2.69. The first kappa shape index (κ1) is 37.1. The lowest BCUT2D eigenvalue weighted by atomic mass is 9.95. The molecule has 19 nitrogen and oxygen atoms in total. The Balaban J connectivity index is 1.63. The molecule has 1 aromatic carbocycles. The summed E-state index contributed by atoms with van der Waals surface area (Å²) in [5, 5.41) is 87.9. The number of nitrogen functional groups attached to an aromatic ring is 1. The van der Waals surface area contributed by atoms with Gasteiger partial charge in [0.05, 0.1) is 19.8 Å². The van der Waals surface area contributed by atoms with E-state index in [0.717, 1.165) is 6.92 Å². The van der Waals surface area contributed by atoms with Crippen LogP contribution in [0.3, 0.4) is 0 Å². The van der Waals surface area contributed by atoms with E-state index >= 15 is 0 Å². The van der Waals surface area contributed by atoms with E-state index in [4.69, 9.17) is 34.2 Å². The second kappa shape index (κ2) is 16.1. The van der Waals surface area contributed by atoms with Gasteiger partial charge in [-0.25, -0.2) is 0 Å². The monoisotopic (exact) mass is 677 g/mol. The maximum absolute atomic E-state index is 12.3. The van der Waals surface area contributed by atoms with Gasteiger partial charge in [0.1, 0.15) is 78.9 Å². The lowest BCUT2D eigenvalue weighted by molar-refractivity contribution is -0.343. The van der Waals surface area contributed by atoms with Crippen LogP contribution in [0.4, 0.5) is 5.69 Å². The molecule has 0 bridgehead atoms. The maximum Gasteiger partial charge on any atom is 0.223 e. The molecule has 4 rings (SSSR count). The molecule has 3 aliphatic heterocycles. The highest BCUT2D eigenvalue weighted by Crippen LogP contribution is 2.32. The molecule has 15 atom stereocenters. The maximum atomic E-state index is 12.3. The van der Waals surface area contributed by atoms with Crippen LogP contribution in [-0.2, 0) is 33.3 Å². The molecular formula is C28H43N3O16. The molecule has 3 fully saturated rings. The molecule has 266 valence electrons. The molecule has 0 aromatic heterocycles. The van der Waals surface area contributed by atoms with Gasteiger partial charge in [0.15, 0.2) is 12.6 Å². The molecule has 0 spiro atoms. The van der Waals surface area contributed by atoms with Crippen molar-refractivity contribution in [3.8, 4) is 5.75 Å². The summed E-state index contributed by atoms with van der Waals surface area (Å²) in [6.07, 6.45) is -20.6. The van der Waals surface area contributed by atoms with Crippen molar-refractivity contribution in [2.24, 2.45) is 0 Å². The van der Waals surface area contributed by atoms with E-state index in [1.807, 2.05) is 0 Å². The zero-order valence-electron chi connectivity index (χ0n) is 25.5. The Bertz CT molecular complexity index is 1180. The van der Waals surface area contributed by atoms with Crippen molar-refractivity contribution in [2.75, 3.05) is 25.6 Å². The largest absolute Gasteiger partial charge is 0.463 e. The number of carbonyl (C=O) groups excluding carboxylic acids is 2. The first-order chi connectivity index (χ1) is 22.2. The van der Waals surface area contributed by atoms with Gasteiger partial charge in [-0.1, -0.05) is 0 Å². The number of hydrogen-bond donors (Lipinski definition) is 11. The highest BCUT2D eigenvalue weighted by Gasteiger charge is 2.53. The molecule has 1 aromatic rings. The molecule has 3 saturated heterocycles. The van der Waals surface area contributed by atoms with Crippen molar-refractivity contribution in [1.82, 2.24) is 10.6 Å². The van der Waals surface area contributed by atoms with E-state index < -0.39 is 124 Å². The Kier molecular flexibility index (Phi) is 12.7. The molecule has 19 heteroatoms. The van der Waals surface area contributed by atoms with Gasteiger partial charge in [-0.15, -0.1) is 0 Å². The molecule has 0 aliphatic carbocycles. The van der Waals surface area contributed by atoms with Gasteiger partial charge in [-0.05, 0) is 24.3 Å². The van der Waals surface area contributed by atoms with Crippen LogP contribution in [0.1, 0.15) is 13.8 Å². The van der Waals surface area contributed by atoms with Crippen LogP contribution in [0.25, 0.3) is 0 Å². The van der Waals surface area contributed by atoms with Crippen molar-refractivity contribution in [1.29, 1.82) is 0 Å². The van der Waals surface area contributed by atoms with Gasteiger partial charge in [-0.3, -0.25) is 9.59 Å². The quantitative estimate of drug-likeness (QED) is 0.0973. The third-order valence-electron chi connectivity index (χ3n) is 7.99. The van der Waals surface area contributed by atoms with E-state index in [-0.39, 0.29) is 5.75 Å². The number of rotatable bonds is 11. The highest BCUT2D eigenvalue weighted by molar-refractivity contribution is 5.73. The number of carbonyl (C=O) groups is 2. The molecule has 0 unspecified atom stereocenters. The molecule has 0 radical (unpaired) electrons. The standard InChI is InChI=1S/C28H43N3O16/c1-10(34)30-17-22(39)19(36)14(7-32)44-26(17)42-9-16-21(38)25(47-28-24(41)23(40)20(37)15(8-33)45-28)18(31-11(2)35)27(46-16)43-13-5-3-12(29)4-6-13/h3-6,14-28,32-33,36-41H,7-9,29H2,1-2H3,(H,30,34)(H,31,35)/t14-,15-,16-,17-,18-,19+,20+,21+,22-,23+,24-,25-,26-,27+,28+/m1/s1. The zero-order chi connectivity index (χ0) is 34.6. The van der Waals surface area contributed by atoms with Crippen LogP contribution >= 0.6 is 0 Å². The average molecular weight is 678 g/mol. The Morgan fingerprint density at radius 1 is 0.702 bits per heavy atom. The first-order valence-corrected chi connectivity index (χ1v) is 14.9. The summed E-state index contributed by atoms with van der Waals surface area (Å²) in [7, 11) is 0. The average Bonchev–Trinajstić information content (AvgIpc) is 3.03. The van der Waals surface area contributed by atoms with Crippen LogP contribution in [-0.4, -0.2) is 164 Å².